The first-order chi connectivity index (χ1) is 21.6. The molecule has 1 amide bonds. The van der Waals surface area contributed by atoms with Crippen LogP contribution in [-0.2, 0) is 4.79 Å². The Hall–Kier alpha value is -1.43. The van der Waals surface area contributed by atoms with Gasteiger partial charge in [-0.3, -0.25) is 4.79 Å². The van der Waals surface area contributed by atoms with Gasteiger partial charge in [-0.05, 0) is 70.6 Å². The predicted molar refractivity (Wildman–Crippen MR) is 190 cm³/mol. The first kappa shape index (κ1) is 42.6. The van der Waals surface area contributed by atoms with Crippen LogP contribution < -0.4 is 5.32 Å². The summed E-state index contributed by atoms with van der Waals surface area (Å²) in [5.74, 6) is -0.172. The van der Waals surface area contributed by atoms with Crippen LogP contribution in [0.4, 0.5) is 0 Å². The van der Waals surface area contributed by atoms with Gasteiger partial charge in [0.25, 0.3) is 0 Å². The first-order valence-corrected chi connectivity index (χ1v) is 18.8. The maximum absolute atomic E-state index is 12.3. The number of carbonyl (C=O) groups is 1. The Labute approximate surface area is 273 Å². The van der Waals surface area contributed by atoms with Crippen molar-refractivity contribution in [3.8, 4) is 0 Å². The van der Waals surface area contributed by atoms with Gasteiger partial charge in [0.15, 0.2) is 0 Å². The van der Waals surface area contributed by atoms with Gasteiger partial charge in [0.2, 0.25) is 5.91 Å². The molecule has 0 rings (SSSR count). The minimum atomic E-state index is -1.17. The van der Waals surface area contributed by atoms with Crippen molar-refractivity contribution in [3.63, 3.8) is 0 Å². The number of hydrogen-bond donors (Lipinski definition) is 4. The molecule has 5 heteroatoms. The van der Waals surface area contributed by atoms with E-state index in [0.717, 1.165) is 51.4 Å². The van der Waals surface area contributed by atoms with E-state index in [1.54, 1.807) is 0 Å². The SMILES string of the molecule is CCCC/C=C\CCCCCCCC(=O)NC(CO)C(O)C(O)CCC/C=C/CC/C=C/CCCCCCCCCCCC. The summed E-state index contributed by atoms with van der Waals surface area (Å²) < 4.78 is 0. The van der Waals surface area contributed by atoms with E-state index in [9.17, 15) is 20.1 Å². The van der Waals surface area contributed by atoms with E-state index in [1.165, 1.54) is 103 Å². The molecule has 0 heterocycles. The van der Waals surface area contributed by atoms with E-state index in [1.807, 2.05) is 0 Å². The monoisotopic (exact) mass is 620 g/mol. The summed E-state index contributed by atoms with van der Waals surface area (Å²) in [6.45, 7) is 4.10. The number of carbonyl (C=O) groups excluding carboxylic acids is 1. The summed E-state index contributed by atoms with van der Waals surface area (Å²) in [7, 11) is 0. The summed E-state index contributed by atoms with van der Waals surface area (Å²) in [5, 5.41) is 33.3. The van der Waals surface area contributed by atoms with Crippen LogP contribution >= 0.6 is 0 Å². The van der Waals surface area contributed by atoms with Crippen molar-refractivity contribution < 1.29 is 20.1 Å². The van der Waals surface area contributed by atoms with Crippen molar-refractivity contribution in [1.29, 1.82) is 0 Å². The second-order valence-electron chi connectivity index (χ2n) is 12.8. The molecule has 0 bridgehead atoms. The van der Waals surface area contributed by atoms with Crippen molar-refractivity contribution in [2.75, 3.05) is 6.61 Å². The van der Waals surface area contributed by atoms with Gasteiger partial charge in [0.1, 0.15) is 6.10 Å². The quantitative estimate of drug-likeness (QED) is 0.0435. The molecule has 0 aliphatic rings. The Kier molecular flexibility index (Phi) is 33.3. The Morgan fingerprint density at radius 2 is 0.955 bits per heavy atom. The summed E-state index contributed by atoms with van der Waals surface area (Å²) >= 11 is 0. The molecule has 0 aliphatic carbocycles. The lowest BCUT2D eigenvalue weighted by atomic mass is 10.0. The molecule has 0 aromatic heterocycles. The van der Waals surface area contributed by atoms with Crippen molar-refractivity contribution >= 4 is 5.91 Å². The Morgan fingerprint density at radius 1 is 0.545 bits per heavy atom. The smallest absolute Gasteiger partial charge is 0.220 e. The average molecular weight is 620 g/mol. The third-order valence-corrected chi connectivity index (χ3v) is 8.44. The van der Waals surface area contributed by atoms with Gasteiger partial charge in [-0.2, -0.15) is 0 Å². The highest BCUT2D eigenvalue weighted by Gasteiger charge is 2.26. The van der Waals surface area contributed by atoms with Crippen LogP contribution in [0.5, 0.6) is 0 Å². The molecule has 4 N–H and O–H groups in total. The van der Waals surface area contributed by atoms with Gasteiger partial charge in [0, 0.05) is 6.42 Å². The largest absolute Gasteiger partial charge is 0.394 e. The Bertz CT molecular complexity index is 690. The third kappa shape index (κ3) is 29.3. The molecule has 0 aromatic rings. The fraction of sp³-hybridized carbons (Fsp3) is 0.821. The number of aliphatic hydroxyl groups excluding tert-OH is 3. The van der Waals surface area contributed by atoms with E-state index in [0.29, 0.717) is 12.8 Å². The molecule has 0 saturated carbocycles. The number of unbranched alkanes of at least 4 members (excludes halogenated alkanes) is 19. The van der Waals surface area contributed by atoms with Gasteiger partial charge in [-0.25, -0.2) is 0 Å². The third-order valence-electron chi connectivity index (χ3n) is 8.44. The molecule has 3 unspecified atom stereocenters. The molecule has 0 saturated heterocycles. The molecule has 44 heavy (non-hydrogen) atoms. The molecule has 0 aromatic carbocycles. The normalized spacial score (nSPS) is 14.2. The van der Waals surface area contributed by atoms with E-state index in [2.05, 4.69) is 55.6 Å². The number of nitrogens with one attached hydrogen (secondary N) is 1. The number of aliphatic hydroxyl groups is 3. The molecule has 0 aliphatic heterocycles. The van der Waals surface area contributed by atoms with Crippen LogP contribution in [0.3, 0.4) is 0 Å². The van der Waals surface area contributed by atoms with Gasteiger partial charge in [0.05, 0.1) is 18.8 Å². The second kappa shape index (κ2) is 34.4. The lowest BCUT2D eigenvalue weighted by Gasteiger charge is -2.26. The molecule has 5 nitrogen and oxygen atoms in total. The Balaban J connectivity index is 3.76. The van der Waals surface area contributed by atoms with Crippen LogP contribution in [0.2, 0.25) is 0 Å². The maximum atomic E-state index is 12.3. The molecule has 3 atom stereocenters. The standard InChI is InChI=1S/C39H73NO4/c1-3-5-7-9-11-13-15-16-17-18-19-20-21-22-24-25-27-29-31-33-37(42)39(44)36(35-41)40-38(43)34-32-30-28-26-23-14-12-10-8-6-4-2/h10,12,20-21,25,27,36-37,39,41-42,44H,3-9,11,13-19,22-24,26,28-35H2,1-2H3,(H,40,43)/b12-10-,21-20+,27-25+. The molecule has 0 spiro atoms. The minimum absolute atomic E-state index is 0.172. The Morgan fingerprint density at radius 3 is 1.45 bits per heavy atom. The van der Waals surface area contributed by atoms with Crippen LogP contribution in [-0.4, -0.2) is 46.1 Å². The first-order valence-electron chi connectivity index (χ1n) is 18.8. The topological polar surface area (TPSA) is 89.8 Å². The predicted octanol–water partition coefficient (Wildman–Crippen LogP) is 10.0. The summed E-state index contributed by atoms with van der Waals surface area (Å²) in [5.41, 5.74) is 0. The lowest BCUT2D eigenvalue weighted by Crippen LogP contribution is -2.50. The van der Waals surface area contributed by atoms with Gasteiger partial charge in [-0.15, -0.1) is 0 Å². The van der Waals surface area contributed by atoms with Crippen molar-refractivity contribution in [3.05, 3.63) is 36.5 Å². The van der Waals surface area contributed by atoms with Gasteiger partial charge < -0.3 is 20.6 Å². The number of hydrogen-bond acceptors (Lipinski definition) is 4. The summed E-state index contributed by atoms with van der Waals surface area (Å²) in [6, 6.07) is -0.834. The van der Waals surface area contributed by atoms with E-state index in [4.69, 9.17) is 0 Å². The number of amides is 1. The van der Waals surface area contributed by atoms with Gasteiger partial charge in [-0.1, -0.05) is 140 Å². The summed E-state index contributed by atoms with van der Waals surface area (Å²) in [4.78, 5) is 12.3. The zero-order chi connectivity index (χ0) is 32.4. The fourth-order valence-corrected chi connectivity index (χ4v) is 5.45. The van der Waals surface area contributed by atoms with Crippen LogP contribution in [0.25, 0.3) is 0 Å². The molecule has 0 fully saturated rings. The molecular formula is C39H73NO4. The minimum Gasteiger partial charge on any atom is -0.394 e. The highest BCUT2D eigenvalue weighted by molar-refractivity contribution is 5.76. The maximum Gasteiger partial charge on any atom is 0.220 e. The van der Waals surface area contributed by atoms with Crippen LogP contribution in [0.15, 0.2) is 36.5 Å². The molecule has 0 radical (unpaired) electrons. The molecular weight excluding hydrogens is 546 g/mol. The number of rotatable bonds is 33. The zero-order valence-electron chi connectivity index (χ0n) is 29.0. The van der Waals surface area contributed by atoms with Crippen molar-refractivity contribution in [2.24, 2.45) is 0 Å². The van der Waals surface area contributed by atoms with E-state index in [-0.39, 0.29) is 12.5 Å². The fourth-order valence-electron chi connectivity index (χ4n) is 5.45. The highest BCUT2D eigenvalue weighted by atomic mass is 16.3. The van der Waals surface area contributed by atoms with E-state index < -0.39 is 18.2 Å². The van der Waals surface area contributed by atoms with Crippen LogP contribution in [0, 0.1) is 0 Å². The zero-order valence-corrected chi connectivity index (χ0v) is 29.0. The van der Waals surface area contributed by atoms with E-state index >= 15 is 0 Å². The highest BCUT2D eigenvalue weighted by Crippen LogP contribution is 2.13. The van der Waals surface area contributed by atoms with Crippen LogP contribution in [0.1, 0.15) is 181 Å². The lowest BCUT2D eigenvalue weighted by molar-refractivity contribution is -0.124. The van der Waals surface area contributed by atoms with Crippen molar-refractivity contribution in [1.82, 2.24) is 5.32 Å². The number of allylic oxidation sites excluding steroid dienone is 6. The average Bonchev–Trinajstić information content (AvgIpc) is 3.03. The summed E-state index contributed by atoms with van der Waals surface area (Å²) in [6.07, 6.45) is 41.0. The van der Waals surface area contributed by atoms with Crippen molar-refractivity contribution in [2.45, 2.75) is 199 Å². The second-order valence-corrected chi connectivity index (χ2v) is 12.8. The van der Waals surface area contributed by atoms with Gasteiger partial charge >= 0.3 is 0 Å². The molecule has 258 valence electrons.